The summed E-state index contributed by atoms with van der Waals surface area (Å²) in [7, 11) is 1.84. The highest BCUT2D eigenvalue weighted by Crippen LogP contribution is 2.23. The van der Waals surface area contributed by atoms with Gasteiger partial charge in [0.1, 0.15) is 0 Å². The Morgan fingerprint density at radius 3 is 2.72 bits per heavy atom. The van der Waals surface area contributed by atoms with Crippen molar-refractivity contribution in [2.24, 2.45) is 0 Å². The SMILES string of the molecule is CN(CCOCCO)c1ccc(C(=O)O)cc1N. The van der Waals surface area contributed by atoms with E-state index in [0.29, 0.717) is 25.4 Å². The van der Waals surface area contributed by atoms with E-state index in [-0.39, 0.29) is 12.2 Å². The standard InChI is InChI=1S/C12H18N2O4/c1-14(4-6-18-7-5-15)11-3-2-9(12(16)17)8-10(11)13/h2-3,8,15H,4-7,13H2,1H3,(H,16,17). The van der Waals surface area contributed by atoms with Crippen LogP contribution >= 0.6 is 0 Å². The molecular formula is C12H18N2O4. The third-order valence-electron chi connectivity index (χ3n) is 2.49. The zero-order valence-electron chi connectivity index (χ0n) is 10.3. The highest BCUT2D eigenvalue weighted by molar-refractivity contribution is 5.90. The molecule has 6 heteroatoms. The number of benzene rings is 1. The summed E-state index contributed by atoms with van der Waals surface area (Å²) in [5.41, 5.74) is 7.15. The van der Waals surface area contributed by atoms with Gasteiger partial charge in [-0.2, -0.15) is 0 Å². The largest absolute Gasteiger partial charge is 0.478 e. The van der Waals surface area contributed by atoms with E-state index in [4.69, 9.17) is 20.7 Å². The molecule has 18 heavy (non-hydrogen) atoms. The lowest BCUT2D eigenvalue weighted by molar-refractivity contribution is 0.0697. The number of nitrogens with two attached hydrogens (primary N) is 1. The van der Waals surface area contributed by atoms with Crippen molar-refractivity contribution in [3.05, 3.63) is 23.8 Å². The van der Waals surface area contributed by atoms with Crippen LogP contribution in [0.1, 0.15) is 10.4 Å². The number of rotatable bonds is 7. The molecule has 0 aliphatic heterocycles. The van der Waals surface area contributed by atoms with Crippen molar-refractivity contribution >= 4 is 17.3 Å². The Morgan fingerprint density at radius 2 is 2.17 bits per heavy atom. The van der Waals surface area contributed by atoms with Gasteiger partial charge in [-0.15, -0.1) is 0 Å². The first-order valence-electron chi connectivity index (χ1n) is 5.59. The number of carbonyl (C=O) groups is 1. The molecule has 0 aliphatic carbocycles. The van der Waals surface area contributed by atoms with E-state index in [2.05, 4.69) is 0 Å². The number of aliphatic hydroxyl groups is 1. The molecule has 0 heterocycles. The van der Waals surface area contributed by atoms with Crippen molar-refractivity contribution in [1.82, 2.24) is 0 Å². The number of hydrogen-bond acceptors (Lipinski definition) is 5. The first-order valence-corrected chi connectivity index (χ1v) is 5.59. The lowest BCUT2D eigenvalue weighted by atomic mass is 10.1. The molecule has 0 saturated heterocycles. The summed E-state index contributed by atoms with van der Waals surface area (Å²) >= 11 is 0. The van der Waals surface area contributed by atoms with Crippen LogP contribution < -0.4 is 10.6 Å². The van der Waals surface area contributed by atoms with E-state index >= 15 is 0 Å². The van der Waals surface area contributed by atoms with Gasteiger partial charge in [-0.3, -0.25) is 0 Å². The quantitative estimate of drug-likeness (QED) is 0.482. The topological polar surface area (TPSA) is 96.0 Å². The van der Waals surface area contributed by atoms with Crippen LogP contribution in [0.2, 0.25) is 0 Å². The zero-order valence-corrected chi connectivity index (χ0v) is 10.3. The number of aromatic carboxylic acids is 1. The predicted molar refractivity (Wildman–Crippen MR) is 69.0 cm³/mol. The van der Waals surface area contributed by atoms with Crippen molar-refractivity contribution in [3.8, 4) is 0 Å². The van der Waals surface area contributed by atoms with Gasteiger partial charge in [0.25, 0.3) is 0 Å². The van der Waals surface area contributed by atoms with Gasteiger partial charge in [-0.05, 0) is 18.2 Å². The Morgan fingerprint density at radius 1 is 1.44 bits per heavy atom. The van der Waals surface area contributed by atoms with Crippen LogP contribution in [0.15, 0.2) is 18.2 Å². The molecule has 1 aromatic rings. The summed E-state index contributed by atoms with van der Waals surface area (Å²) in [6.07, 6.45) is 0. The van der Waals surface area contributed by atoms with E-state index in [1.807, 2.05) is 11.9 Å². The second-order valence-corrected chi connectivity index (χ2v) is 3.84. The summed E-state index contributed by atoms with van der Waals surface area (Å²) in [5.74, 6) is -0.998. The molecule has 0 saturated carbocycles. The maximum absolute atomic E-state index is 10.8. The van der Waals surface area contributed by atoms with E-state index in [9.17, 15) is 4.79 Å². The van der Waals surface area contributed by atoms with Crippen LogP contribution in [0.25, 0.3) is 0 Å². The molecule has 0 atom stereocenters. The molecule has 0 bridgehead atoms. The minimum absolute atomic E-state index is 0.000832. The van der Waals surface area contributed by atoms with Crippen LogP contribution in [-0.2, 0) is 4.74 Å². The van der Waals surface area contributed by atoms with E-state index < -0.39 is 5.97 Å². The van der Waals surface area contributed by atoms with Crippen molar-refractivity contribution in [2.45, 2.75) is 0 Å². The number of ether oxygens (including phenoxy) is 1. The minimum Gasteiger partial charge on any atom is -0.478 e. The van der Waals surface area contributed by atoms with Crippen molar-refractivity contribution in [2.75, 3.05) is 44.0 Å². The molecule has 0 radical (unpaired) electrons. The number of aliphatic hydroxyl groups excluding tert-OH is 1. The Balaban J connectivity index is 2.62. The number of nitrogen functional groups attached to an aromatic ring is 1. The molecule has 100 valence electrons. The average molecular weight is 254 g/mol. The Labute approximate surface area is 106 Å². The van der Waals surface area contributed by atoms with Crippen LogP contribution in [-0.4, -0.2) is 49.6 Å². The Kier molecular flexibility index (Phi) is 5.41. The second-order valence-electron chi connectivity index (χ2n) is 3.84. The molecule has 1 aromatic carbocycles. The molecule has 0 amide bonds. The highest BCUT2D eigenvalue weighted by Gasteiger charge is 2.09. The smallest absolute Gasteiger partial charge is 0.335 e. The van der Waals surface area contributed by atoms with Gasteiger partial charge >= 0.3 is 5.97 Å². The highest BCUT2D eigenvalue weighted by atomic mass is 16.5. The molecule has 0 aromatic heterocycles. The number of nitrogens with zero attached hydrogens (tertiary/aromatic N) is 1. The van der Waals surface area contributed by atoms with Gasteiger partial charge in [-0.1, -0.05) is 0 Å². The minimum atomic E-state index is -0.998. The second kappa shape index (κ2) is 6.83. The number of hydrogen-bond donors (Lipinski definition) is 3. The summed E-state index contributed by atoms with van der Waals surface area (Å²) in [6, 6.07) is 4.62. The molecule has 1 rings (SSSR count). The maximum Gasteiger partial charge on any atom is 0.335 e. The van der Waals surface area contributed by atoms with Gasteiger partial charge < -0.3 is 25.6 Å². The van der Waals surface area contributed by atoms with Crippen LogP contribution in [0, 0.1) is 0 Å². The third kappa shape index (κ3) is 3.90. The number of anilines is 2. The molecule has 0 unspecified atom stereocenters. The summed E-state index contributed by atoms with van der Waals surface area (Å²) < 4.78 is 5.15. The van der Waals surface area contributed by atoms with Crippen LogP contribution in [0.5, 0.6) is 0 Å². The lowest BCUT2D eigenvalue weighted by Crippen LogP contribution is -2.24. The van der Waals surface area contributed by atoms with E-state index in [0.717, 1.165) is 5.69 Å². The Hall–Kier alpha value is -1.79. The zero-order chi connectivity index (χ0) is 13.5. The van der Waals surface area contributed by atoms with Crippen LogP contribution in [0.4, 0.5) is 11.4 Å². The van der Waals surface area contributed by atoms with Crippen molar-refractivity contribution in [1.29, 1.82) is 0 Å². The molecule has 0 aliphatic rings. The molecule has 6 nitrogen and oxygen atoms in total. The van der Waals surface area contributed by atoms with Crippen LogP contribution in [0.3, 0.4) is 0 Å². The third-order valence-corrected chi connectivity index (χ3v) is 2.49. The normalized spacial score (nSPS) is 10.3. The fraction of sp³-hybridized carbons (Fsp3) is 0.417. The summed E-state index contributed by atoms with van der Waals surface area (Å²) in [6.45, 7) is 1.38. The number of carboxylic acid groups (broad SMARTS) is 1. The van der Waals surface area contributed by atoms with Gasteiger partial charge in [0.05, 0.1) is 36.8 Å². The number of likely N-dealkylation sites (N-methyl/N-ethyl adjacent to an activating group) is 1. The summed E-state index contributed by atoms with van der Waals surface area (Å²) in [4.78, 5) is 12.6. The van der Waals surface area contributed by atoms with E-state index in [1.54, 1.807) is 6.07 Å². The van der Waals surface area contributed by atoms with Gasteiger partial charge in [0.15, 0.2) is 0 Å². The lowest BCUT2D eigenvalue weighted by Gasteiger charge is -2.21. The fourth-order valence-electron chi connectivity index (χ4n) is 1.52. The van der Waals surface area contributed by atoms with Crippen molar-refractivity contribution < 1.29 is 19.7 Å². The summed E-state index contributed by atoms with van der Waals surface area (Å²) in [5, 5.41) is 17.4. The molecule has 0 spiro atoms. The predicted octanol–water partition coefficient (Wildman–Crippen LogP) is 0.412. The first kappa shape index (κ1) is 14.3. The molecule has 0 fully saturated rings. The average Bonchev–Trinajstić information content (AvgIpc) is 2.34. The first-order chi connectivity index (χ1) is 8.56. The van der Waals surface area contributed by atoms with Crippen molar-refractivity contribution in [3.63, 3.8) is 0 Å². The van der Waals surface area contributed by atoms with E-state index in [1.165, 1.54) is 12.1 Å². The molecular weight excluding hydrogens is 236 g/mol. The van der Waals surface area contributed by atoms with Gasteiger partial charge in [0, 0.05) is 13.6 Å². The number of carboxylic acids is 1. The van der Waals surface area contributed by atoms with Gasteiger partial charge in [0.2, 0.25) is 0 Å². The Bertz CT molecular complexity index is 409. The fourth-order valence-corrected chi connectivity index (χ4v) is 1.52. The maximum atomic E-state index is 10.8. The van der Waals surface area contributed by atoms with Gasteiger partial charge in [-0.25, -0.2) is 4.79 Å². The monoisotopic (exact) mass is 254 g/mol. The molecule has 4 N–H and O–H groups in total.